The lowest BCUT2D eigenvalue weighted by Crippen LogP contribution is -2.22. The van der Waals surface area contributed by atoms with E-state index in [1.807, 2.05) is 0 Å². The number of hydrogen-bond acceptors (Lipinski definition) is 2. The second-order valence-corrected chi connectivity index (χ2v) is 8.69. The second-order valence-electron chi connectivity index (χ2n) is 7.90. The summed E-state index contributed by atoms with van der Waals surface area (Å²) in [5.41, 5.74) is 0. The minimum Gasteiger partial charge on any atom is -0.353 e. The summed E-state index contributed by atoms with van der Waals surface area (Å²) in [5, 5.41) is 1.17. The SMILES string of the molecule is C#CCCCCC#C.C#CCCCCC#CCCCCOC1CCCCO1.CCCCCBr. The molecule has 1 aliphatic heterocycles. The predicted molar refractivity (Wildman–Crippen MR) is 148 cm³/mol. The van der Waals surface area contributed by atoms with Crippen molar-refractivity contribution >= 4 is 15.9 Å². The lowest BCUT2D eigenvalue weighted by atomic mass is 10.2. The number of ether oxygens (including phenoxy) is 2. The minimum absolute atomic E-state index is 0.0518. The van der Waals surface area contributed by atoms with E-state index in [9.17, 15) is 0 Å². The third-order valence-electron chi connectivity index (χ3n) is 4.77. The van der Waals surface area contributed by atoms with Crippen molar-refractivity contribution in [2.24, 2.45) is 0 Å². The molecule has 0 aromatic rings. The van der Waals surface area contributed by atoms with Gasteiger partial charge in [0.25, 0.3) is 0 Å². The molecule has 0 radical (unpaired) electrons. The van der Waals surface area contributed by atoms with Crippen molar-refractivity contribution in [1.29, 1.82) is 0 Å². The van der Waals surface area contributed by atoms with Crippen LogP contribution in [0.1, 0.15) is 116 Å². The number of hydrogen-bond donors (Lipinski definition) is 0. The monoisotopic (exact) mass is 518 g/mol. The molecule has 1 unspecified atom stereocenters. The molecule has 0 amide bonds. The average Bonchev–Trinajstić information content (AvgIpc) is 2.85. The maximum atomic E-state index is 5.67. The average molecular weight is 520 g/mol. The van der Waals surface area contributed by atoms with Crippen LogP contribution in [0.3, 0.4) is 0 Å². The third-order valence-corrected chi connectivity index (χ3v) is 5.33. The lowest BCUT2D eigenvalue weighted by Gasteiger charge is -2.22. The molecular weight excluding hydrogens is 472 g/mol. The van der Waals surface area contributed by atoms with Gasteiger partial charge in [-0.1, -0.05) is 35.7 Å². The van der Waals surface area contributed by atoms with Crippen LogP contribution in [0.4, 0.5) is 0 Å². The van der Waals surface area contributed by atoms with Crippen molar-refractivity contribution in [2.45, 2.75) is 122 Å². The van der Waals surface area contributed by atoms with Crippen LogP contribution in [0.25, 0.3) is 0 Å². The molecule has 0 aromatic carbocycles. The van der Waals surface area contributed by atoms with Gasteiger partial charge in [-0.05, 0) is 64.2 Å². The van der Waals surface area contributed by atoms with Gasteiger partial charge in [-0.15, -0.1) is 48.9 Å². The smallest absolute Gasteiger partial charge is 0.157 e. The van der Waals surface area contributed by atoms with Gasteiger partial charge in [0.1, 0.15) is 0 Å². The van der Waals surface area contributed by atoms with E-state index in [1.54, 1.807) is 0 Å². The van der Waals surface area contributed by atoms with E-state index in [-0.39, 0.29) is 6.29 Å². The molecule has 1 saturated heterocycles. The summed E-state index contributed by atoms with van der Waals surface area (Å²) >= 11 is 3.35. The Balaban J connectivity index is 0. The molecule has 0 saturated carbocycles. The topological polar surface area (TPSA) is 18.5 Å². The molecule has 186 valence electrons. The molecule has 1 fully saturated rings. The summed E-state index contributed by atoms with van der Waals surface area (Å²) in [6.07, 6.45) is 33.8. The van der Waals surface area contributed by atoms with E-state index in [0.29, 0.717) is 0 Å². The normalized spacial score (nSPS) is 14.0. The van der Waals surface area contributed by atoms with Crippen LogP contribution in [0.5, 0.6) is 0 Å². The molecule has 0 aliphatic carbocycles. The van der Waals surface area contributed by atoms with E-state index >= 15 is 0 Å². The van der Waals surface area contributed by atoms with E-state index in [1.165, 1.54) is 37.4 Å². The van der Waals surface area contributed by atoms with E-state index in [2.05, 4.69) is 52.5 Å². The standard InChI is InChI=1S/C17H26O2.C8H10.C5H11Br/c1-2-3-4-5-6-7-8-9-10-12-15-18-17-14-11-13-16-19-17;1-3-5-7-8-6-4-2;1-2-3-4-5-6/h1,17H,3-6,9-16H2;1-2H,5-8H2;2-5H2,1H3. The van der Waals surface area contributed by atoms with Gasteiger partial charge < -0.3 is 9.47 Å². The molecule has 1 heterocycles. The van der Waals surface area contributed by atoms with Gasteiger partial charge in [0.2, 0.25) is 0 Å². The number of terminal acetylenes is 3. The fourth-order valence-electron chi connectivity index (χ4n) is 2.79. The summed E-state index contributed by atoms with van der Waals surface area (Å²) in [6, 6.07) is 0. The lowest BCUT2D eigenvalue weighted by molar-refractivity contribution is -0.162. The van der Waals surface area contributed by atoms with Crippen molar-refractivity contribution in [2.75, 3.05) is 18.5 Å². The first-order valence-electron chi connectivity index (χ1n) is 12.8. The Morgan fingerprint density at radius 2 is 1.30 bits per heavy atom. The van der Waals surface area contributed by atoms with Crippen LogP contribution >= 0.6 is 15.9 Å². The van der Waals surface area contributed by atoms with Crippen molar-refractivity contribution < 1.29 is 9.47 Å². The number of halogens is 1. The maximum absolute atomic E-state index is 5.67. The molecule has 1 atom stereocenters. The Morgan fingerprint density at radius 1 is 0.758 bits per heavy atom. The predicted octanol–water partition coefficient (Wildman–Crippen LogP) is 8.28. The highest BCUT2D eigenvalue weighted by atomic mass is 79.9. The van der Waals surface area contributed by atoms with E-state index < -0.39 is 0 Å². The Morgan fingerprint density at radius 3 is 1.73 bits per heavy atom. The quantitative estimate of drug-likeness (QED) is 0.131. The first kappa shape index (κ1) is 33.8. The summed E-state index contributed by atoms with van der Waals surface area (Å²) in [5.74, 6) is 14.2. The summed E-state index contributed by atoms with van der Waals surface area (Å²) < 4.78 is 11.2. The van der Waals surface area contributed by atoms with Crippen molar-refractivity contribution in [3.63, 3.8) is 0 Å². The van der Waals surface area contributed by atoms with Gasteiger partial charge in [0.15, 0.2) is 6.29 Å². The van der Waals surface area contributed by atoms with Crippen molar-refractivity contribution in [1.82, 2.24) is 0 Å². The van der Waals surface area contributed by atoms with Gasteiger partial charge in [-0.25, -0.2) is 0 Å². The molecule has 33 heavy (non-hydrogen) atoms. The van der Waals surface area contributed by atoms with Gasteiger partial charge in [0, 0.05) is 50.6 Å². The Bertz CT molecular complexity index is 541. The molecular formula is C30H47BrO2. The molecule has 1 rings (SSSR count). The zero-order chi connectivity index (χ0) is 24.7. The van der Waals surface area contributed by atoms with Crippen LogP contribution < -0.4 is 0 Å². The fourth-order valence-corrected chi connectivity index (χ4v) is 3.19. The van der Waals surface area contributed by atoms with Crippen LogP contribution in [0, 0.1) is 48.9 Å². The minimum atomic E-state index is 0.0518. The highest BCUT2D eigenvalue weighted by molar-refractivity contribution is 9.09. The number of unbranched alkanes of at least 4 members (excludes halogenated alkanes) is 10. The summed E-state index contributed by atoms with van der Waals surface area (Å²) in [7, 11) is 0. The van der Waals surface area contributed by atoms with Crippen molar-refractivity contribution in [3.8, 4) is 48.9 Å². The fraction of sp³-hybridized carbons (Fsp3) is 0.733. The Hall–Kier alpha value is -1.36. The van der Waals surface area contributed by atoms with Gasteiger partial charge in [-0.3, -0.25) is 0 Å². The molecule has 0 N–H and O–H groups in total. The summed E-state index contributed by atoms with van der Waals surface area (Å²) in [6.45, 7) is 3.87. The van der Waals surface area contributed by atoms with Gasteiger partial charge >= 0.3 is 0 Å². The highest BCUT2D eigenvalue weighted by Gasteiger charge is 2.12. The van der Waals surface area contributed by atoms with Gasteiger partial charge in [-0.2, -0.15) is 0 Å². The van der Waals surface area contributed by atoms with Gasteiger partial charge in [0.05, 0.1) is 0 Å². The third kappa shape index (κ3) is 32.9. The van der Waals surface area contributed by atoms with Crippen LogP contribution in [-0.4, -0.2) is 24.8 Å². The highest BCUT2D eigenvalue weighted by Crippen LogP contribution is 2.14. The Kier molecular flexibility index (Phi) is 33.6. The second kappa shape index (κ2) is 32.8. The first-order chi connectivity index (χ1) is 16.3. The Labute approximate surface area is 214 Å². The molecule has 3 heteroatoms. The molecule has 2 nitrogen and oxygen atoms in total. The largest absolute Gasteiger partial charge is 0.353 e. The molecule has 0 aromatic heterocycles. The van der Waals surface area contributed by atoms with Crippen LogP contribution in [-0.2, 0) is 9.47 Å². The van der Waals surface area contributed by atoms with Crippen molar-refractivity contribution in [3.05, 3.63) is 0 Å². The zero-order valence-corrected chi connectivity index (χ0v) is 22.7. The number of rotatable bonds is 14. The van der Waals surface area contributed by atoms with E-state index in [0.717, 1.165) is 90.3 Å². The summed E-state index contributed by atoms with van der Waals surface area (Å²) in [4.78, 5) is 0. The molecule has 0 spiro atoms. The number of alkyl halides is 1. The first-order valence-corrected chi connectivity index (χ1v) is 13.9. The maximum Gasteiger partial charge on any atom is 0.157 e. The van der Waals surface area contributed by atoms with Crippen LogP contribution in [0.2, 0.25) is 0 Å². The molecule has 0 bridgehead atoms. The van der Waals surface area contributed by atoms with E-state index in [4.69, 9.17) is 28.7 Å². The zero-order valence-electron chi connectivity index (χ0n) is 21.1. The molecule has 1 aliphatic rings. The van der Waals surface area contributed by atoms with Crippen LogP contribution in [0.15, 0.2) is 0 Å².